The number of halogens is 1. The van der Waals surface area contributed by atoms with Gasteiger partial charge in [0.2, 0.25) is 0 Å². The van der Waals surface area contributed by atoms with Gasteiger partial charge in [0, 0.05) is 6.54 Å². The lowest BCUT2D eigenvalue weighted by molar-refractivity contribution is 0.00184. The number of aliphatic hydroxyl groups is 1. The largest absolute Gasteiger partial charge is 0.395 e. The minimum atomic E-state index is 0. The fraction of sp³-hybridized carbons (Fsp3) is 1.00. The topological polar surface area (TPSA) is 41.5 Å². The molecule has 2 atom stereocenters. The van der Waals surface area contributed by atoms with Crippen molar-refractivity contribution in [3.05, 3.63) is 0 Å². The van der Waals surface area contributed by atoms with Crippen molar-refractivity contribution in [3.8, 4) is 0 Å². The molecule has 4 heteroatoms. The molecule has 0 spiro atoms. The van der Waals surface area contributed by atoms with Gasteiger partial charge in [0.05, 0.1) is 25.4 Å². The van der Waals surface area contributed by atoms with Crippen molar-refractivity contribution in [1.82, 2.24) is 5.32 Å². The van der Waals surface area contributed by atoms with E-state index in [2.05, 4.69) is 5.32 Å². The van der Waals surface area contributed by atoms with Crippen LogP contribution in [0.3, 0.4) is 0 Å². The summed E-state index contributed by atoms with van der Waals surface area (Å²) in [6.07, 6.45) is 0.299. The van der Waals surface area contributed by atoms with Gasteiger partial charge >= 0.3 is 0 Å². The average molecular weight is 168 g/mol. The second-order valence-corrected chi connectivity index (χ2v) is 2.43. The highest BCUT2D eigenvalue weighted by Gasteiger charge is 2.15. The molecule has 0 aliphatic carbocycles. The van der Waals surface area contributed by atoms with Crippen molar-refractivity contribution in [2.24, 2.45) is 0 Å². The van der Waals surface area contributed by atoms with Crippen LogP contribution in [0.5, 0.6) is 0 Å². The van der Waals surface area contributed by atoms with Gasteiger partial charge in [-0.3, -0.25) is 0 Å². The van der Waals surface area contributed by atoms with Crippen LogP contribution in [0.2, 0.25) is 0 Å². The summed E-state index contributed by atoms with van der Waals surface area (Å²) in [7, 11) is 0. The summed E-state index contributed by atoms with van der Waals surface area (Å²) in [5.74, 6) is 0. The summed E-state index contributed by atoms with van der Waals surface area (Å²) in [5.41, 5.74) is 0. The van der Waals surface area contributed by atoms with E-state index in [4.69, 9.17) is 9.84 Å². The van der Waals surface area contributed by atoms with E-state index in [9.17, 15) is 0 Å². The monoisotopic (exact) mass is 167 g/mol. The standard InChI is InChI=1S/C6H13NO2.ClH/c1-5-2-7-6(3-8)4-9-5;/h5-8H,2-4H2,1H3;1H/t5-,6-;/m0./s1. The van der Waals surface area contributed by atoms with Crippen molar-refractivity contribution in [2.45, 2.75) is 19.1 Å². The molecule has 0 amide bonds. The molecule has 2 N–H and O–H groups in total. The summed E-state index contributed by atoms with van der Waals surface area (Å²) >= 11 is 0. The number of hydrogen-bond donors (Lipinski definition) is 2. The summed E-state index contributed by atoms with van der Waals surface area (Å²) in [6, 6.07) is 0.154. The van der Waals surface area contributed by atoms with E-state index < -0.39 is 0 Å². The van der Waals surface area contributed by atoms with E-state index in [1.165, 1.54) is 0 Å². The molecule has 1 rings (SSSR count). The van der Waals surface area contributed by atoms with Crippen molar-refractivity contribution in [3.63, 3.8) is 0 Å². The van der Waals surface area contributed by atoms with Gasteiger partial charge in [-0.15, -0.1) is 12.4 Å². The minimum Gasteiger partial charge on any atom is -0.395 e. The number of morpholine rings is 1. The molecule has 10 heavy (non-hydrogen) atoms. The molecule has 1 fully saturated rings. The van der Waals surface area contributed by atoms with Crippen LogP contribution in [-0.4, -0.2) is 37.0 Å². The van der Waals surface area contributed by atoms with Crippen molar-refractivity contribution in [1.29, 1.82) is 0 Å². The zero-order valence-corrected chi connectivity index (χ0v) is 6.86. The van der Waals surface area contributed by atoms with Crippen molar-refractivity contribution >= 4 is 12.4 Å². The molecule has 3 nitrogen and oxygen atoms in total. The van der Waals surface area contributed by atoms with E-state index in [1.807, 2.05) is 6.92 Å². The first kappa shape index (κ1) is 10.2. The van der Waals surface area contributed by atoms with Crippen LogP contribution >= 0.6 is 12.4 Å². The van der Waals surface area contributed by atoms with Crippen LogP contribution in [0, 0.1) is 0 Å². The maximum Gasteiger partial charge on any atom is 0.0672 e. The molecule has 0 aromatic rings. The Bertz CT molecular complexity index is 83.8. The van der Waals surface area contributed by atoms with Gasteiger partial charge in [0.25, 0.3) is 0 Å². The third kappa shape index (κ3) is 2.84. The van der Waals surface area contributed by atoms with Crippen molar-refractivity contribution < 1.29 is 9.84 Å². The van der Waals surface area contributed by atoms with Gasteiger partial charge in [0.15, 0.2) is 0 Å². The highest BCUT2D eigenvalue weighted by atomic mass is 35.5. The lowest BCUT2D eigenvalue weighted by Gasteiger charge is -2.26. The molecule has 1 aliphatic rings. The van der Waals surface area contributed by atoms with Crippen LogP contribution in [0.25, 0.3) is 0 Å². The molecule has 0 saturated carbocycles. The molecule has 62 valence electrons. The van der Waals surface area contributed by atoms with E-state index in [1.54, 1.807) is 0 Å². The van der Waals surface area contributed by atoms with E-state index in [-0.39, 0.29) is 25.1 Å². The maximum atomic E-state index is 8.63. The normalized spacial score (nSPS) is 33.0. The Labute approximate surface area is 67.2 Å². The molecule has 1 aliphatic heterocycles. The summed E-state index contributed by atoms with van der Waals surface area (Å²) in [5, 5.41) is 11.8. The van der Waals surface area contributed by atoms with Crippen molar-refractivity contribution in [2.75, 3.05) is 19.8 Å². The maximum absolute atomic E-state index is 8.63. The highest BCUT2D eigenvalue weighted by Crippen LogP contribution is 1.98. The average Bonchev–Trinajstić information content (AvgIpc) is 1.90. The number of ether oxygens (including phenoxy) is 1. The molecule has 1 saturated heterocycles. The second-order valence-electron chi connectivity index (χ2n) is 2.43. The van der Waals surface area contributed by atoms with Gasteiger partial charge in [-0.05, 0) is 6.92 Å². The number of nitrogens with one attached hydrogen (secondary N) is 1. The van der Waals surface area contributed by atoms with E-state index in [0.717, 1.165) is 6.54 Å². The molecule has 0 aromatic carbocycles. The zero-order valence-electron chi connectivity index (χ0n) is 6.04. The molecular formula is C6H14ClNO2. The molecule has 0 aromatic heterocycles. The van der Waals surface area contributed by atoms with Crippen LogP contribution in [0.15, 0.2) is 0 Å². The SMILES string of the molecule is C[C@H]1CN[C@@H](CO)CO1.Cl. The number of aliphatic hydroxyl groups excluding tert-OH is 1. The van der Waals surface area contributed by atoms with Crippen LogP contribution in [0.1, 0.15) is 6.92 Å². The molecule has 0 bridgehead atoms. The first-order valence-corrected chi connectivity index (χ1v) is 3.28. The number of hydrogen-bond acceptors (Lipinski definition) is 3. The first-order chi connectivity index (χ1) is 4.33. The third-order valence-corrected chi connectivity index (χ3v) is 1.50. The molecule has 0 unspecified atom stereocenters. The Balaban J connectivity index is 0.000000810. The molecular weight excluding hydrogens is 154 g/mol. The Hall–Kier alpha value is 0.170. The minimum absolute atomic E-state index is 0. The second kappa shape index (κ2) is 4.91. The third-order valence-electron chi connectivity index (χ3n) is 1.50. The fourth-order valence-electron chi connectivity index (χ4n) is 0.848. The summed E-state index contributed by atoms with van der Waals surface area (Å²) < 4.78 is 5.26. The Morgan fingerprint density at radius 3 is 2.80 bits per heavy atom. The van der Waals surface area contributed by atoms with E-state index in [0.29, 0.717) is 12.7 Å². The van der Waals surface area contributed by atoms with Crippen LogP contribution in [-0.2, 0) is 4.74 Å². The van der Waals surface area contributed by atoms with Gasteiger partial charge in [-0.25, -0.2) is 0 Å². The quantitative estimate of drug-likeness (QED) is 0.568. The number of rotatable bonds is 1. The lowest BCUT2D eigenvalue weighted by atomic mass is 10.2. The van der Waals surface area contributed by atoms with Gasteiger partial charge in [-0.1, -0.05) is 0 Å². The zero-order chi connectivity index (χ0) is 6.69. The predicted octanol–water partition coefficient (Wildman–Crippen LogP) is -0.223. The first-order valence-electron chi connectivity index (χ1n) is 3.28. The van der Waals surface area contributed by atoms with Crippen LogP contribution < -0.4 is 5.32 Å². The molecule has 1 heterocycles. The lowest BCUT2D eigenvalue weighted by Crippen LogP contribution is -2.47. The summed E-state index contributed by atoms with van der Waals surface area (Å²) in [4.78, 5) is 0. The highest BCUT2D eigenvalue weighted by molar-refractivity contribution is 5.85. The molecule has 0 radical (unpaired) electrons. The summed E-state index contributed by atoms with van der Waals surface area (Å²) in [6.45, 7) is 3.68. The fourth-order valence-corrected chi connectivity index (χ4v) is 0.848. The Kier molecular flexibility index (Phi) is 4.99. The smallest absolute Gasteiger partial charge is 0.0672 e. The van der Waals surface area contributed by atoms with Gasteiger partial charge in [0.1, 0.15) is 0 Å². The Morgan fingerprint density at radius 2 is 2.40 bits per heavy atom. The van der Waals surface area contributed by atoms with Crippen LogP contribution in [0.4, 0.5) is 0 Å². The van der Waals surface area contributed by atoms with Gasteiger partial charge in [-0.2, -0.15) is 0 Å². The Morgan fingerprint density at radius 1 is 1.70 bits per heavy atom. The van der Waals surface area contributed by atoms with Gasteiger partial charge < -0.3 is 15.2 Å². The van der Waals surface area contributed by atoms with E-state index >= 15 is 0 Å². The predicted molar refractivity (Wildman–Crippen MR) is 41.5 cm³/mol.